The molecule has 0 N–H and O–H groups in total. The number of aromatic nitrogens is 4. The Kier molecular flexibility index (Phi) is 5.14. The van der Waals surface area contributed by atoms with Crippen LogP contribution in [-0.4, -0.2) is 57.2 Å². The van der Waals surface area contributed by atoms with Crippen molar-refractivity contribution in [1.82, 2.24) is 24.5 Å². The smallest absolute Gasteiger partial charge is 0.210 e. The average molecular weight is 467 g/mol. The molecule has 172 valence electrons. The van der Waals surface area contributed by atoms with Crippen LogP contribution in [0.5, 0.6) is 0 Å². The summed E-state index contributed by atoms with van der Waals surface area (Å²) in [5.74, 6) is 0.953. The molecule has 9 heteroatoms. The molecule has 8 nitrogen and oxygen atoms in total. The molecule has 1 atom stereocenters. The maximum Gasteiger partial charge on any atom is 0.210 e. The second-order valence-electron chi connectivity index (χ2n) is 9.12. The number of amides is 1. The Balaban J connectivity index is 1.45. The minimum absolute atomic E-state index is 0.260. The van der Waals surface area contributed by atoms with Crippen molar-refractivity contribution in [3.8, 4) is 11.1 Å². The van der Waals surface area contributed by atoms with E-state index in [1.165, 1.54) is 5.69 Å². The van der Waals surface area contributed by atoms with Crippen LogP contribution < -0.4 is 4.90 Å². The fraction of sp³-hybridized carbons (Fsp3) is 0.458. The molecule has 0 bridgehead atoms. The highest BCUT2D eigenvalue weighted by atomic mass is 35.5. The van der Waals surface area contributed by atoms with Crippen molar-refractivity contribution in [2.75, 3.05) is 31.2 Å². The highest BCUT2D eigenvalue weighted by Crippen LogP contribution is 2.43. The first-order valence-corrected chi connectivity index (χ1v) is 12.0. The van der Waals surface area contributed by atoms with Gasteiger partial charge in [-0.3, -0.25) is 14.2 Å². The predicted molar refractivity (Wildman–Crippen MR) is 126 cm³/mol. The van der Waals surface area contributed by atoms with E-state index in [-0.39, 0.29) is 6.04 Å². The van der Waals surface area contributed by atoms with Crippen molar-refractivity contribution in [3.05, 3.63) is 46.4 Å². The number of hydrogen-bond acceptors (Lipinski definition) is 5. The van der Waals surface area contributed by atoms with Gasteiger partial charge in [-0.15, -0.1) is 0 Å². The van der Waals surface area contributed by atoms with Gasteiger partial charge in [0.05, 0.1) is 30.4 Å². The molecular weight excluding hydrogens is 440 g/mol. The zero-order chi connectivity index (χ0) is 22.5. The minimum Gasteiger partial charge on any atom is -0.379 e. The number of halogens is 1. The summed E-state index contributed by atoms with van der Waals surface area (Å²) in [6.45, 7) is 3.67. The Morgan fingerprint density at radius 1 is 1.21 bits per heavy atom. The predicted octanol–water partition coefficient (Wildman–Crippen LogP) is 3.50. The average Bonchev–Trinajstić information content (AvgIpc) is 3.58. The third-order valence-electron chi connectivity index (χ3n) is 7.08. The van der Waals surface area contributed by atoms with Crippen LogP contribution >= 0.6 is 11.6 Å². The number of fused-ring (bicyclic) bond motifs is 2. The summed E-state index contributed by atoms with van der Waals surface area (Å²) in [5.41, 5.74) is 6.68. The lowest BCUT2D eigenvalue weighted by molar-refractivity contribution is -0.118. The van der Waals surface area contributed by atoms with Crippen LogP contribution in [0.25, 0.3) is 11.1 Å². The van der Waals surface area contributed by atoms with E-state index in [9.17, 15) is 4.79 Å². The molecule has 3 aliphatic rings. The molecule has 1 aromatic carbocycles. The summed E-state index contributed by atoms with van der Waals surface area (Å²) in [4.78, 5) is 15.7. The fourth-order valence-electron chi connectivity index (χ4n) is 5.41. The third-order valence-corrected chi connectivity index (χ3v) is 7.52. The summed E-state index contributed by atoms with van der Waals surface area (Å²) in [7, 11) is 1.91. The monoisotopic (exact) mass is 466 g/mol. The van der Waals surface area contributed by atoms with Gasteiger partial charge in [0.1, 0.15) is 0 Å². The molecule has 3 aliphatic heterocycles. The van der Waals surface area contributed by atoms with Crippen LogP contribution in [0.3, 0.4) is 0 Å². The van der Waals surface area contributed by atoms with Crippen molar-refractivity contribution in [3.63, 3.8) is 0 Å². The first kappa shape index (κ1) is 20.7. The molecule has 0 saturated carbocycles. The molecule has 1 amide bonds. The quantitative estimate of drug-likeness (QED) is 0.550. The third kappa shape index (κ3) is 3.43. The number of hydrogen-bond donors (Lipinski definition) is 0. The molecule has 1 unspecified atom stereocenters. The number of carbonyl (C=O) groups is 1. The zero-order valence-corrected chi connectivity index (χ0v) is 19.5. The molecule has 0 radical (unpaired) electrons. The summed E-state index contributed by atoms with van der Waals surface area (Å²) in [6.07, 6.45) is 8.51. The summed E-state index contributed by atoms with van der Waals surface area (Å²) in [5, 5.41) is 10.2. The summed E-state index contributed by atoms with van der Waals surface area (Å²) < 4.78 is 9.64. The lowest BCUT2D eigenvalue weighted by Gasteiger charge is -2.32. The molecular formula is C24H27ClN6O2. The highest BCUT2D eigenvalue weighted by Gasteiger charge is 2.33. The standard InChI is InChI=1S/C24H27ClN6O2/c1-28-12-16(11-26-28)18-4-5-21-19(23(18)25)3-2-8-30(21)24-20-13-29(15-32)9-6-22(20)31(27-24)17-7-10-33-14-17/h4-5,11-12,15,17H,2-3,6-10,13-14H2,1H3. The van der Waals surface area contributed by atoms with E-state index in [1.807, 2.05) is 24.3 Å². The summed E-state index contributed by atoms with van der Waals surface area (Å²) >= 11 is 6.96. The van der Waals surface area contributed by atoms with Crippen LogP contribution in [0.1, 0.15) is 35.7 Å². The van der Waals surface area contributed by atoms with Gasteiger partial charge in [0.2, 0.25) is 6.41 Å². The second kappa shape index (κ2) is 8.18. The molecule has 3 aromatic rings. The van der Waals surface area contributed by atoms with E-state index in [1.54, 1.807) is 4.68 Å². The van der Waals surface area contributed by atoms with Gasteiger partial charge < -0.3 is 14.5 Å². The van der Waals surface area contributed by atoms with E-state index < -0.39 is 0 Å². The first-order chi connectivity index (χ1) is 16.1. The van der Waals surface area contributed by atoms with Crippen molar-refractivity contribution in [2.45, 2.75) is 38.3 Å². The number of ether oxygens (including phenoxy) is 1. The molecule has 1 saturated heterocycles. The van der Waals surface area contributed by atoms with Gasteiger partial charge in [-0.05, 0) is 30.9 Å². The van der Waals surface area contributed by atoms with Crippen LogP contribution in [0.15, 0.2) is 24.5 Å². The molecule has 33 heavy (non-hydrogen) atoms. The number of nitrogens with zero attached hydrogens (tertiary/aromatic N) is 6. The van der Waals surface area contributed by atoms with Gasteiger partial charge >= 0.3 is 0 Å². The van der Waals surface area contributed by atoms with Gasteiger partial charge in [-0.25, -0.2) is 0 Å². The zero-order valence-electron chi connectivity index (χ0n) is 18.7. The maximum absolute atomic E-state index is 11.6. The van der Waals surface area contributed by atoms with Crippen LogP contribution in [0.4, 0.5) is 11.5 Å². The fourth-order valence-corrected chi connectivity index (χ4v) is 5.78. The topological polar surface area (TPSA) is 68.4 Å². The Bertz CT molecular complexity index is 1210. The van der Waals surface area contributed by atoms with Crippen LogP contribution in [0, 0.1) is 0 Å². The first-order valence-electron chi connectivity index (χ1n) is 11.6. The van der Waals surface area contributed by atoms with E-state index >= 15 is 0 Å². The van der Waals surface area contributed by atoms with Crippen molar-refractivity contribution >= 4 is 29.5 Å². The van der Waals surface area contributed by atoms with Gasteiger partial charge in [-0.1, -0.05) is 17.7 Å². The lowest BCUT2D eigenvalue weighted by Crippen LogP contribution is -2.32. The number of aryl methyl sites for hydroxylation is 1. The van der Waals surface area contributed by atoms with Crippen LogP contribution in [-0.2, 0) is 36.0 Å². The molecule has 0 spiro atoms. The Morgan fingerprint density at radius 2 is 2.12 bits per heavy atom. The Morgan fingerprint density at radius 3 is 2.88 bits per heavy atom. The number of rotatable bonds is 4. The molecule has 6 rings (SSSR count). The Hall–Kier alpha value is -2.84. The normalized spacial score (nSPS) is 20.1. The van der Waals surface area contributed by atoms with Gasteiger partial charge in [0.15, 0.2) is 5.82 Å². The summed E-state index contributed by atoms with van der Waals surface area (Å²) in [6, 6.07) is 4.51. The van der Waals surface area contributed by atoms with Crippen molar-refractivity contribution in [1.29, 1.82) is 0 Å². The molecule has 1 fully saturated rings. The molecule has 2 aromatic heterocycles. The lowest BCUT2D eigenvalue weighted by atomic mass is 9.96. The van der Waals surface area contributed by atoms with Gasteiger partial charge in [0, 0.05) is 67.4 Å². The minimum atomic E-state index is 0.260. The van der Waals surface area contributed by atoms with E-state index in [2.05, 4.69) is 26.8 Å². The van der Waals surface area contributed by atoms with Crippen molar-refractivity contribution in [2.24, 2.45) is 7.05 Å². The number of carbonyl (C=O) groups excluding carboxylic acids is 1. The van der Waals surface area contributed by atoms with Crippen molar-refractivity contribution < 1.29 is 9.53 Å². The van der Waals surface area contributed by atoms with E-state index in [0.717, 1.165) is 90.6 Å². The SMILES string of the molecule is Cn1cc(-c2ccc3c(c2Cl)CCCN3c2nn(C3CCOC3)c3c2CN(C=O)CC3)cn1. The second-order valence-corrected chi connectivity index (χ2v) is 9.50. The van der Waals surface area contributed by atoms with Gasteiger partial charge in [0.25, 0.3) is 0 Å². The van der Waals surface area contributed by atoms with E-state index in [4.69, 9.17) is 21.4 Å². The Labute approximate surface area is 197 Å². The largest absolute Gasteiger partial charge is 0.379 e. The number of benzene rings is 1. The molecule has 5 heterocycles. The van der Waals surface area contributed by atoms with E-state index in [0.29, 0.717) is 13.2 Å². The van der Waals surface area contributed by atoms with Crippen LogP contribution in [0.2, 0.25) is 5.02 Å². The van der Waals surface area contributed by atoms with Gasteiger partial charge in [-0.2, -0.15) is 10.2 Å². The number of anilines is 2. The highest BCUT2D eigenvalue weighted by molar-refractivity contribution is 6.34. The maximum atomic E-state index is 11.6. The molecule has 0 aliphatic carbocycles.